The molecule has 0 aliphatic heterocycles. The van der Waals surface area contributed by atoms with Gasteiger partial charge in [-0.15, -0.1) is 0 Å². The van der Waals surface area contributed by atoms with E-state index in [0.717, 1.165) is 0 Å². The van der Waals surface area contributed by atoms with Crippen LogP contribution in [0, 0.1) is 0 Å². The minimum atomic E-state index is -0.173. The average Bonchev–Trinajstić information content (AvgIpc) is 2.49. The Kier molecular flexibility index (Phi) is 4.71. The maximum atomic E-state index is 9.37. The first kappa shape index (κ1) is 14.5. The van der Waals surface area contributed by atoms with E-state index in [1.807, 2.05) is 0 Å². The second-order valence-electron chi connectivity index (χ2n) is 4.00. The summed E-state index contributed by atoms with van der Waals surface area (Å²) in [6.07, 6.45) is 0. The third kappa shape index (κ3) is 2.98. The molecule has 0 aliphatic rings. The van der Waals surface area contributed by atoms with Gasteiger partial charge in [-0.3, -0.25) is 0 Å². The first-order valence-corrected chi connectivity index (χ1v) is 6.35. The molecule has 0 saturated carbocycles. The van der Waals surface area contributed by atoms with E-state index < -0.39 is 0 Å². The minimum absolute atomic E-state index is 0.173. The summed E-state index contributed by atoms with van der Waals surface area (Å²) in [6, 6.07) is 10.4. The standard InChI is InChI=1S/C15H15ClO4/c1-18-13-4-3-5-14(19-2)15(13)20-12-7-6-11(16)8-10(12)9-17/h3-8,17H,9H2,1-2H3. The molecule has 0 atom stereocenters. The van der Waals surface area contributed by atoms with Gasteiger partial charge in [0, 0.05) is 10.6 Å². The van der Waals surface area contributed by atoms with Crippen molar-refractivity contribution in [1.82, 2.24) is 0 Å². The Morgan fingerprint density at radius 3 is 2.20 bits per heavy atom. The van der Waals surface area contributed by atoms with E-state index in [4.69, 9.17) is 25.8 Å². The molecule has 0 saturated heterocycles. The van der Waals surface area contributed by atoms with Gasteiger partial charge in [0.15, 0.2) is 11.5 Å². The van der Waals surface area contributed by atoms with E-state index >= 15 is 0 Å². The molecule has 0 amide bonds. The summed E-state index contributed by atoms with van der Waals surface area (Å²) in [5.41, 5.74) is 0.588. The van der Waals surface area contributed by atoms with E-state index in [2.05, 4.69) is 0 Å². The number of rotatable bonds is 5. The van der Waals surface area contributed by atoms with Gasteiger partial charge >= 0.3 is 0 Å². The highest BCUT2D eigenvalue weighted by Crippen LogP contribution is 2.41. The molecule has 0 heterocycles. The Hall–Kier alpha value is -1.91. The fourth-order valence-electron chi connectivity index (χ4n) is 1.80. The largest absolute Gasteiger partial charge is 0.493 e. The van der Waals surface area contributed by atoms with Crippen LogP contribution in [-0.2, 0) is 6.61 Å². The van der Waals surface area contributed by atoms with Crippen LogP contribution in [0.15, 0.2) is 36.4 Å². The molecular weight excluding hydrogens is 280 g/mol. The first-order valence-electron chi connectivity index (χ1n) is 5.97. The molecule has 2 aromatic rings. The Balaban J connectivity index is 2.44. The lowest BCUT2D eigenvalue weighted by molar-refractivity contribution is 0.274. The van der Waals surface area contributed by atoms with Crippen LogP contribution < -0.4 is 14.2 Å². The fraction of sp³-hybridized carbons (Fsp3) is 0.200. The molecular formula is C15H15ClO4. The van der Waals surface area contributed by atoms with E-state index in [9.17, 15) is 5.11 Å². The lowest BCUT2D eigenvalue weighted by Crippen LogP contribution is -1.97. The number of halogens is 1. The van der Waals surface area contributed by atoms with Crippen molar-refractivity contribution in [3.05, 3.63) is 47.0 Å². The van der Waals surface area contributed by atoms with Crippen LogP contribution in [0.4, 0.5) is 0 Å². The van der Waals surface area contributed by atoms with Gasteiger partial charge in [0.1, 0.15) is 5.75 Å². The van der Waals surface area contributed by atoms with Gasteiger partial charge in [0.25, 0.3) is 0 Å². The highest BCUT2D eigenvalue weighted by atomic mass is 35.5. The Labute approximate surface area is 122 Å². The third-order valence-corrected chi connectivity index (χ3v) is 3.02. The summed E-state index contributed by atoms with van der Waals surface area (Å²) >= 11 is 5.90. The van der Waals surface area contributed by atoms with E-state index in [1.165, 1.54) is 0 Å². The maximum absolute atomic E-state index is 9.37. The lowest BCUT2D eigenvalue weighted by atomic mass is 10.2. The molecule has 0 bridgehead atoms. The van der Waals surface area contributed by atoms with Crippen molar-refractivity contribution in [1.29, 1.82) is 0 Å². The molecule has 106 valence electrons. The van der Waals surface area contributed by atoms with Crippen LogP contribution in [0.5, 0.6) is 23.0 Å². The second-order valence-corrected chi connectivity index (χ2v) is 4.44. The van der Waals surface area contributed by atoms with E-state index in [-0.39, 0.29) is 6.61 Å². The fourth-order valence-corrected chi connectivity index (χ4v) is 1.99. The summed E-state index contributed by atoms with van der Waals surface area (Å²) in [4.78, 5) is 0. The number of aliphatic hydroxyl groups is 1. The third-order valence-electron chi connectivity index (χ3n) is 2.79. The molecule has 0 radical (unpaired) electrons. The average molecular weight is 295 g/mol. The minimum Gasteiger partial charge on any atom is -0.493 e. The van der Waals surface area contributed by atoms with Crippen LogP contribution in [0.3, 0.4) is 0 Å². The van der Waals surface area contributed by atoms with Gasteiger partial charge in [0.2, 0.25) is 5.75 Å². The number of hydrogen-bond acceptors (Lipinski definition) is 4. The summed E-state index contributed by atoms with van der Waals surface area (Å²) in [5, 5.41) is 9.91. The number of benzene rings is 2. The number of aliphatic hydroxyl groups excluding tert-OH is 1. The summed E-state index contributed by atoms with van der Waals surface area (Å²) < 4.78 is 16.4. The quantitative estimate of drug-likeness (QED) is 0.914. The van der Waals surface area contributed by atoms with Crippen molar-refractivity contribution in [3.63, 3.8) is 0 Å². The molecule has 4 nitrogen and oxygen atoms in total. The molecule has 2 aromatic carbocycles. The number of methoxy groups -OCH3 is 2. The molecule has 5 heteroatoms. The number of para-hydroxylation sites is 1. The van der Waals surface area contributed by atoms with Crippen molar-refractivity contribution in [2.24, 2.45) is 0 Å². The highest BCUT2D eigenvalue weighted by Gasteiger charge is 2.14. The molecule has 0 aliphatic carbocycles. The monoisotopic (exact) mass is 294 g/mol. The summed E-state index contributed by atoms with van der Waals surface area (Å²) in [5.74, 6) is 2.04. The van der Waals surface area contributed by atoms with Crippen molar-refractivity contribution in [3.8, 4) is 23.0 Å². The molecule has 20 heavy (non-hydrogen) atoms. The van der Waals surface area contributed by atoms with Crippen LogP contribution in [-0.4, -0.2) is 19.3 Å². The van der Waals surface area contributed by atoms with E-state index in [0.29, 0.717) is 33.6 Å². The number of ether oxygens (including phenoxy) is 3. The first-order chi connectivity index (χ1) is 9.69. The van der Waals surface area contributed by atoms with Crippen molar-refractivity contribution < 1.29 is 19.3 Å². The molecule has 2 rings (SSSR count). The zero-order valence-corrected chi connectivity index (χ0v) is 12.0. The van der Waals surface area contributed by atoms with Gasteiger partial charge < -0.3 is 19.3 Å². The number of hydrogen-bond donors (Lipinski definition) is 1. The van der Waals surface area contributed by atoms with Gasteiger partial charge in [-0.2, -0.15) is 0 Å². The van der Waals surface area contributed by atoms with Crippen molar-refractivity contribution in [2.75, 3.05) is 14.2 Å². The topological polar surface area (TPSA) is 47.9 Å². The summed E-state index contributed by atoms with van der Waals surface area (Å²) in [6.45, 7) is -0.173. The zero-order chi connectivity index (χ0) is 14.5. The zero-order valence-electron chi connectivity index (χ0n) is 11.2. The van der Waals surface area contributed by atoms with Gasteiger partial charge in [0.05, 0.1) is 20.8 Å². The van der Waals surface area contributed by atoms with Gasteiger partial charge in [-0.25, -0.2) is 0 Å². The molecule has 1 N–H and O–H groups in total. The van der Waals surface area contributed by atoms with Gasteiger partial charge in [-0.1, -0.05) is 17.7 Å². The lowest BCUT2D eigenvalue weighted by Gasteiger charge is -2.15. The molecule has 0 aromatic heterocycles. The normalized spacial score (nSPS) is 10.2. The summed E-state index contributed by atoms with van der Waals surface area (Å²) in [7, 11) is 3.10. The van der Waals surface area contributed by atoms with Crippen LogP contribution in [0.1, 0.15) is 5.56 Å². The van der Waals surface area contributed by atoms with E-state index in [1.54, 1.807) is 50.6 Å². The van der Waals surface area contributed by atoms with Crippen LogP contribution >= 0.6 is 11.6 Å². The SMILES string of the molecule is COc1cccc(OC)c1Oc1ccc(Cl)cc1CO. The van der Waals surface area contributed by atoms with Crippen molar-refractivity contribution >= 4 is 11.6 Å². The predicted molar refractivity (Wildman–Crippen MR) is 77.0 cm³/mol. The predicted octanol–water partition coefficient (Wildman–Crippen LogP) is 3.64. The Bertz CT molecular complexity index is 576. The Morgan fingerprint density at radius 2 is 1.65 bits per heavy atom. The van der Waals surface area contributed by atoms with Crippen molar-refractivity contribution in [2.45, 2.75) is 6.61 Å². The van der Waals surface area contributed by atoms with Crippen LogP contribution in [0.2, 0.25) is 5.02 Å². The maximum Gasteiger partial charge on any atom is 0.211 e. The molecule has 0 fully saturated rings. The highest BCUT2D eigenvalue weighted by molar-refractivity contribution is 6.30. The second kappa shape index (κ2) is 6.50. The smallest absolute Gasteiger partial charge is 0.211 e. The Morgan fingerprint density at radius 1 is 1.00 bits per heavy atom. The van der Waals surface area contributed by atoms with Gasteiger partial charge in [-0.05, 0) is 30.3 Å². The molecule has 0 spiro atoms. The van der Waals surface area contributed by atoms with Crippen LogP contribution in [0.25, 0.3) is 0 Å². The molecule has 0 unspecified atom stereocenters.